The van der Waals surface area contributed by atoms with E-state index in [0.717, 1.165) is 16.7 Å². The van der Waals surface area contributed by atoms with Crippen molar-refractivity contribution in [2.24, 2.45) is 0 Å². The van der Waals surface area contributed by atoms with Crippen LogP contribution in [0.3, 0.4) is 0 Å². The van der Waals surface area contributed by atoms with E-state index >= 15 is 0 Å². The standard InChI is InChI=1S/C19H18N2O3/c1-13-5-4-6-15(11-13)19-20-18(24-21-19)10-8-14-7-9-16(22-2)17(12-14)23-3/h4-12H,1-3H3/b10-8+. The van der Waals surface area contributed by atoms with Crippen LogP contribution >= 0.6 is 0 Å². The van der Waals surface area contributed by atoms with E-state index in [1.165, 1.54) is 0 Å². The number of ether oxygens (including phenoxy) is 2. The van der Waals surface area contributed by atoms with Gasteiger partial charge in [-0.15, -0.1) is 0 Å². The summed E-state index contributed by atoms with van der Waals surface area (Å²) in [6, 6.07) is 13.6. The molecule has 0 aliphatic carbocycles. The Kier molecular flexibility index (Phi) is 4.61. The molecule has 3 rings (SSSR count). The Hall–Kier alpha value is -3.08. The molecule has 0 spiro atoms. The third kappa shape index (κ3) is 3.46. The van der Waals surface area contributed by atoms with Crippen molar-refractivity contribution >= 4 is 12.2 Å². The Morgan fingerprint density at radius 1 is 0.958 bits per heavy atom. The SMILES string of the molecule is COc1ccc(/C=C/c2nc(-c3cccc(C)c3)no2)cc1OC. The topological polar surface area (TPSA) is 57.4 Å². The summed E-state index contributed by atoms with van der Waals surface area (Å²) in [4.78, 5) is 4.39. The summed E-state index contributed by atoms with van der Waals surface area (Å²) in [6.45, 7) is 2.03. The summed E-state index contributed by atoms with van der Waals surface area (Å²) in [5.74, 6) is 2.38. The molecule has 1 heterocycles. The Bertz CT molecular complexity index is 869. The summed E-state index contributed by atoms with van der Waals surface area (Å²) >= 11 is 0. The zero-order chi connectivity index (χ0) is 16.9. The van der Waals surface area contributed by atoms with Gasteiger partial charge < -0.3 is 14.0 Å². The molecule has 0 aliphatic heterocycles. The second kappa shape index (κ2) is 7.00. The van der Waals surface area contributed by atoms with E-state index in [9.17, 15) is 0 Å². The Balaban J connectivity index is 1.80. The fraction of sp³-hybridized carbons (Fsp3) is 0.158. The van der Waals surface area contributed by atoms with Crippen LogP contribution in [0.25, 0.3) is 23.5 Å². The van der Waals surface area contributed by atoms with Crippen molar-refractivity contribution in [2.75, 3.05) is 14.2 Å². The predicted octanol–water partition coefficient (Wildman–Crippen LogP) is 4.23. The molecular formula is C19H18N2O3. The molecule has 5 nitrogen and oxygen atoms in total. The van der Waals surface area contributed by atoms with E-state index in [1.807, 2.05) is 55.5 Å². The number of aromatic nitrogens is 2. The van der Waals surface area contributed by atoms with E-state index in [4.69, 9.17) is 14.0 Å². The van der Waals surface area contributed by atoms with Gasteiger partial charge in [0.1, 0.15) is 0 Å². The minimum atomic E-state index is 0.446. The van der Waals surface area contributed by atoms with Gasteiger partial charge in [0.2, 0.25) is 5.82 Å². The molecular weight excluding hydrogens is 304 g/mol. The second-order valence-corrected chi connectivity index (χ2v) is 5.27. The molecule has 0 aliphatic rings. The van der Waals surface area contributed by atoms with E-state index < -0.39 is 0 Å². The largest absolute Gasteiger partial charge is 0.493 e. The fourth-order valence-electron chi connectivity index (χ4n) is 2.33. The smallest absolute Gasteiger partial charge is 0.250 e. The average molecular weight is 322 g/mol. The first kappa shape index (κ1) is 15.8. The molecule has 0 saturated carbocycles. The Labute approximate surface area is 140 Å². The number of nitrogens with zero attached hydrogens (tertiary/aromatic N) is 2. The molecule has 5 heteroatoms. The molecule has 3 aromatic rings. The maximum atomic E-state index is 5.29. The van der Waals surface area contributed by atoms with Crippen molar-refractivity contribution in [2.45, 2.75) is 6.92 Å². The first-order valence-corrected chi connectivity index (χ1v) is 7.50. The molecule has 0 radical (unpaired) electrons. The molecule has 122 valence electrons. The molecule has 0 N–H and O–H groups in total. The van der Waals surface area contributed by atoms with Gasteiger partial charge in [-0.25, -0.2) is 0 Å². The molecule has 2 aromatic carbocycles. The number of rotatable bonds is 5. The van der Waals surface area contributed by atoms with Gasteiger partial charge in [-0.3, -0.25) is 0 Å². The highest BCUT2D eigenvalue weighted by Gasteiger charge is 2.07. The van der Waals surface area contributed by atoms with E-state index in [2.05, 4.69) is 10.1 Å². The normalized spacial score (nSPS) is 11.0. The molecule has 24 heavy (non-hydrogen) atoms. The summed E-state index contributed by atoms with van der Waals surface area (Å²) in [6.07, 6.45) is 3.66. The number of hydrogen-bond donors (Lipinski definition) is 0. The minimum Gasteiger partial charge on any atom is -0.493 e. The third-order valence-corrected chi connectivity index (χ3v) is 3.54. The van der Waals surface area contributed by atoms with Gasteiger partial charge in [0.15, 0.2) is 11.5 Å². The van der Waals surface area contributed by atoms with Crippen molar-refractivity contribution in [3.8, 4) is 22.9 Å². The molecule has 1 aromatic heterocycles. The number of hydrogen-bond acceptors (Lipinski definition) is 5. The van der Waals surface area contributed by atoms with Crippen LogP contribution in [0.1, 0.15) is 17.0 Å². The first-order valence-electron chi connectivity index (χ1n) is 7.50. The lowest BCUT2D eigenvalue weighted by atomic mass is 10.1. The van der Waals surface area contributed by atoms with Crippen LogP contribution in [0.5, 0.6) is 11.5 Å². The molecule has 0 amide bonds. The summed E-state index contributed by atoms with van der Waals surface area (Å²) in [7, 11) is 3.22. The monoisotopic (exact) mass is 322 g/mol. The first-order chi connectivity index (χ1) is 11.7. The van der Waals surface area contributed by atoms with Gasteiger partial charge in [0.25, 0.3) is 5.89 Å². The van der Waals surface area contributed by atoms with Crippen LogP contribution in [0.4, 0.5) is 0 Å². The van der Waals surface area contributed by atoms with Crippen LogP contribution in [0, 0.1) is 6.92 Å². The summed E-state index contributed by atoms with van der Waals surface area (Å²) < 4.78 is 15.8. The van der Waals surface area contributed by atoms with Gasteiger partial charge in [0.05, 0.1) is 14.2 Å². The highest BCUT2D eigenvalue weighted by molar-refractivity contribution is 5.68. The predicted molar refractivity (Wildman–Crippen MR) is 92.9 cm³/mol. The number of methoxy groups -OCH3 is 2. The van der Waals surface area contributed by atoms with Crippen LogP contribution in [0.2, 0.25) is 0 Å². The van der Waals surface area contributed by atoms with Gasteiger partial charge in [-0.2, -0.15) is 4.98 Å². The summed E-state index contributed by atoms with van der Waals surface area (Å²) in [5.41, 5.74) is 3.03. The lowest BCUT2D eigenvalue weighted by molar-refractivity contribution is 0.355. The van der Waals surface area contributed by atoms with Crippen molar-refractivity contribution in [3.05, 3.63) is 59.5 Å². The van der Waals surface area contributed by atoms with Gasteiger partial charge >= 0.3 is 0 Å². The summed E-state index contributed by atoms with van der Waals surface area (Å²) in [5, 5.41) is 4.02. The van der Waals surface area contributed by atoms with Crippen molar-refractivity contribution < 1.29 is 14.0 Å². The minimum absolute atomic E-state index is 0.446. The molecule has 0 unspecified atom stereocenters. The third-order valence-electron chi connectivity index (χ3n) is 3.54. The lowest BCUT2D eigenvalue weighted by Gasteiger charge is -2.07. The maximum Gasteiger partial charge on any atom is 0.250 e. The van der Waals surface area contributed by atoms with Crippen LogP contribution in [0.15, 0.2) is 47.0 Å². The zero-order valence-electron chi connectivity index (χ0n) is 13.8. The van der Waals surface area contributed by atoms with Crippen molar-refractivity contribution in [1.82, 2.24) is 10.1 Å². The molecule has 0 bridgehead atoms. The van der Waals surface area contributed by atoms with Crippen LogP contribution in [-0.4, -0.2) is 24.4 Å². The molecule has 0 atom stereocenters. The highest BCUT2D eigenvalue weighted by atomic mass is 16.5. The van der Waals surface area contributed by atoms with Gasteiger partial charge in [-0.05, 0) is 36.8 Å². The van der Waals surface area contributed by atoms with E-state index in [0.29, 0.717) is 23.2 Å². The van der Waals surface area contributed by atoms with Gasteiger partial charge in [-0.1, -0.05) is 35.0 Å². The number of benzene rings is 2. The van der Waals surface area contributed by atoms with E-state index in [-0.39, 0.29) is 0 Å². The van der Waals surface area contributed by atoms with Crippen molar-refractivity contribution in [3.63, 3.8) is 0 Å². The fourth-order valence-corrected chi connectivity index (χ4v) is 2.33. The van der Waals surface area contributed by atoms with Crippen molar-refractivity contribution in [1.29, 1.82) is 0 Å². The Morgan fingerprint density at radius 2 is 1.79 bits per heavy atom. The number of aryl methyl sites for hydroxylation is 1. The van der Waals surface area contributed by atoms with Crippen LogP contribution < -0.4 is 9.47 Å². The molecule has 0 fully saturated rings. The molecule has 0 saturated heterocycles. The quantitative estimate of drug-likeness (QED) is 0.703. The highest BCUT2D eigenvalue weighted by Crippen LogP contribution is 2.28. The van der Waals surface area contributed by atoms with E-state index in [1.54, 1.807) is 20.3 Å². The maximum absolute atomic E-state index is 5.29. The van der Waals surface area contributed by atoms with Crippen LogP contribution in [-0.2, 0) is 0 Å². The average Bonchev–Trinajstić information content (AvgIpc) is 3.08. The second-order valence-electron chi connectivity index (χ2n) is 5.27. The lowest BCUT2D eigenvalue weighted by Crippen LogP contribution is -1.90. The van der Waals surface area contributed by atoms with Gasteiger partial charge in [0, 0.05) is 11.6 Å². The Morgan fingerprint density at radius 3 is 2.54 bits per heavy atom. The zero-order valence-corrected chi connectivity index (χ0v) is 13.8.